The summed E-state index contributed by atoms with van der Waals surface area (Å²) < 4.78 is 39.0. The molecule has 3 N–H and O–H groups in total. The van der Waals surface area contributed by atoms with E-state index in [0.717, 1.165) is 0 Å². The third-order valence-corrected chi connectivity index (χ3v) is 2.95. The van der Waals surface area contributed by atoms with E-state index in [4.69, 9.17) is 6.42 Å². The number of alkyl halides is 3. The SMILES string of the molecule is C#CCNCCc1c(C(F)(F)F)[nH]c2ccc(O)cc12. The lowest BCUT2D eigenvalue weighted by atomic mass is 10.1. The second kappa shape index (κ2) is 5.47. The van der Waals surface area contributed by atoms with E-state index in [1.165, 1.54) is 18.2 Å². The maximum Gasteiger partial charge on any atom is 0.431 e. The third-order valence-electron chi connectivity index (χ3n) is 2.95. The summed E-state index contributed by atoms with van der Waals surface area (Å²) in [4.78, 5) is 2.37. The van der Waals surface area contributed by atoms with Gasteiger partial charge in [0.2, 0.25) is 0 Å². The second-order valence-electron chi connectivity index (χ2n) is 4.34. The van der Waals surface area contributed by atoms with E-state index in [-0.39, 0.29) is 17.7 Å². The van der Waals surface area contributed by atoms with Crippen LogP contribution < -0.4 is 5.32 Å². The Morgan fingerprint density at radius 1 is 1.35 bits per heavy atom. The van der Waals surface area contributed by atoms with Gasteiger partial charge in [-0.25, -0.2) is 0 Å². The van der Waals surface area contributed by atoms with Crippen LogP contribution in [-0.2, 0) is 12.6 Å². The lowest BCUT2D eigenvalue weighted by Crippen LogP contribution is -2.19. The molecule has 0 saturated heterocycles. The Bertz CT molecular complexity index is 653. The number of rotatable bonds is 4. The number of aromatic amines is 1. The predicted octanol–water partition coefficient (Wildman–Crippen LogP) is 2.66. The maximum atomic E-state index is 13.0. The number of nitrogens with one attached hydrogen (secondary N) is 2. The van der Waals surface area contributed by atoms with Crippen molar-refractivity contribution < 1.29 is 18.3 Å². The number of fused-ring (bicyclic) bond motifs is 1. The first-order chi connectivity index (χ1) is 9.43. The van der Waals surface area contributed by atoms with Crippen LogP contribution in [0, 0.1) is 12.3 Å². The number of hydrogen-bond acceptors (Lipinski definition) is 2. The molecule has 2 aromatic rings. The molecule has 0 radical (unpaired) electrons. The van der Waals surface area contributed by atoms with Gasteiger partial charge in [-0.1, -0.05) is 5.92 Å². The van der Waals surface area contributed by atoms with Crippen LogP contribution in [0.4, 0.5) is 13.2 Å². The smallest absolute Gasteiger partial charge is 0.431 e. The Balaban J connectivity index is 2.41. The molecule has 0 aliphatic rings. The molecule has 106 valence electrons. The molecule has 0 saturated carbocycles. The standard InChI is InChI=1S/C14H13F3N2O/c1-2-6-18-7-5-10-11-8-9(20)3-4-12(11)19-13(10)14(15,16)17/h1,3-4,8,18-20H,5-7H2. The number of halogens is 3. The highest BCUT2D eigenvalue weighted by atomic mass is 19.4. The number of phenolic OH excluding ortho intramolecular Hbond substituents is 1. The van der Waals surface area contributed by atoms with Crippen molar-refractivity contribution in [3.8, 4) is 18.1 Å². The van der Waals surface area contributed by atoms with E-state index >= 15 is 0 Å². The lowest BCUT2D eigenvalue weighted by Gasteiger charge is -2.08. The van der Waals surface area contributed by atoms with Crippen LogP contribution in [0.1, 0.15) is 11.3 Å². The molecule has 1 aromatic heterocycles. The number of aromatic nitrogens is 1. The Hall–Kier alpha value is -2.13. The van der Waals surface area contributed by atoms with Gasteiger partial charge in [0.15, 0.2) is 0 Å². The van der Waals surface area contributed by atoms with Crippen molar-refractivity contribution in [3.05, 3.63) is 29.5 Å². The van der Waals surface area contributed by atoms with Crippen LogP contribution in [0.5, 0.6) is 5.75 Å². The van der Waals surface area contributed by atoms with Gasteiger partial charge in [-0.15, -0.1) is 6.42 Å². The highest BCUT2D eigenvalue weighted by Crippen LogP contribution is 2.36. The van der Waals surface area contributed by atoms with Crippen molar-refractivity contribution in [1.29, 1.82) is 0 Å². The maximum absolute atomic E-state index is 13.0. The molecular formula is C14H13F3N2O. The minimum absolute atomic E-state index is 0.0666. The van der Waals surface area contributed by atoms with Gasteiger partial charge in [-0.05, 0) is 30.2 Å². The minimum atomic E-state index is -4.46. The van der Waals surface area contributed by atoms with Crippen molar-refractivity contribution in [2.75, 3.05) is 13.1 Å². The second-order valence-corrected chi connectivity index (χ2v) is 4.34. The predicted molar refractivity (Wildman–Crippen MR) is 70.4 cm³/mol. The van der Waals surface area contributed by atoms with Gasteiger partial charge in [0.25, 0.3) is 0 Å². The van der Waals surface area contributed by atoms with Crippen molar-refractivity contribution >= 4 is 10.9 Å². The number of phenols is 1. The molecule has 20 heavy (non-hydrogen) atoms. The van der Waals surface area contributed by atoms with Crippen molar-refractivity contribution in [3.63, 3.8) is 0 Å². The molecule has 1 heterocycles. The molecule has 2 rings (SSSR count). The van der Waals surface area contributed by atoms with Crippen LogP contribution in [0.15, 0.2) is 18.2 Å². The molecule has 0 bridgehead atoms. The van der Waals surface area contributed by atoms with E-state index in [2.05, 4.69) is 16.2 Å². The van der Waals surface area contributed by atoms with Gasteiger partial charge in [0, 0.05) is 17.4 Å². The van der Waals surface area contributed by atoms with Gasteiger partial charge in [-0.3, -0.25) is 0 Å². The number of H-pyrrole nitrogens is 1. The van der Waals surface area contributed by atoms with E-state index in [1.54, 1.807) is 0 Å². The van der Waals surface area contributed by atoms with E-state index in [9.17, 15) is 18.3 Å². The first-order valence-corrected chi connectivity index (χ1v) is 5.98. The van der Waals surface area contributed by atoms with Crippen LogP contribution in [0.3, 0.4) is 0 Å². The van der Waals surface area contributed by atoms with E-state index in [1.807, 2.05) is 0 Å². The van der Waals surface area contributed by atoms with Crippen LogP contribution in [0.25, 0.3) is 10.9 Å². The Labute approximate surface area is 113 Å². The number of hydrogen-bond donors (Lipinski definition) is 3. The van der Waals surface area contributed by atoms with Gasteiger partial charge >= 0.3 is 6.18 Å². The zero-order valence-corrected chi connectivity index (χ0v) is 10.5. The largest absolute Gasteiger partial charge is 0.508 e. The topological polar surface area (TPSA) is 48.0 Å². The monoisotopic (exact) mass is 282 g/mol. The zero-order chi connectivity index (χ0) is 14.8. The molecule has 6 heteroatoms. The Kier molecular flexibility index (Phi) is 3.91. The highest BCUT2D eigenvalue weighted by molar-refractivity contribution is 5.86. The van der Waals surface area contributed by atoms with Crippen molar-refractivity contribution in [1.82, 2.24) is 10.3 Å². The summed E-state index contributed by atoms with van der Waals surface area (Å²) in [5, 5.41) is 12.7. The fourth-order valence-electron chi connectivity index (χ4n) is 2.11. The fourth-order valence-corrected chi connectivity index (χ4v) is 2.11. The molecule has 0 amide bonds. The molecule has 0 unspecified atom stereocenters. The van der Waals surface area contributed by atoms with Crippen LogP contribution in [0.2, 0.25) is 0 Å². The summed E-state index contributed by atoms with van der Waals surface area (Å²) in [6.07, 6.45) is 0.770. The lowest BCUT2D eigenvalue weighted by molar-refractivity contribution is -0.141. The normalized spacial score (nSPS) is 11.7. The summed E-state index contributed by atoms with van der Waals surface area (Å²) in [5.74, 6) is 2.29. The molecule has 0 atom stereocenters. The summed E-state index contributed by atoms with van der Waals surface area (Å²) >= 11 is 0. The minimum Gasteiger partial charge on any atom is -0.508 e. The van der Waals surface area contributed by atoms with E-state index in [0.29, 0.717) is 24.0 Å². The Morgan fingerprint density at radius 2 is 2.10 bits per heavy atom. The van der Waals surface area contributed by atoms with Crippen LogP contribution >= 0.6 is 0 Å². The molecule has 0 aliphatic heterocycles. The van der Waals surface area contributed by atoms with Gasteiger partial charge < -0.3 is 15.4 Å². The number of benzene rings is 1. The first kappa shape index (κ1) is 14.3. The average Bonchev–Trinajstić information content (AvgIpc) is 2.73. The molecule has 3 nitrogen and oxygen atoms in total. The quantitative estimate of drug-likeness (QED) is 0.596. The Morgan fingerprint density at radius 3 is 2.75 bits per heavy atom. The van der Waals surface area contributed by atoms with Crippen LogP contribution in [-0.4, -0.2) is 23.2 Å². The molecular weight excluding hydrogens is 269 g/mol. The molecule has 0 aliphatic carbocycles. The average molecular weight is 282 g/mol. The first-order valence-electron chi connectivity index (χ1n) is 5.98. The van der Waals surface area contributed by atoms with Gasteiger partial charge in [-0.2, -0.15) is 13.2 Å². The molecule has 0 fully saturated rings. The zero-order valence-electron chi connectivity index (χ0n) is 10.5. The highest BCUT2D eigenvalue weighted by Gasteiger charge is 2.36. The fraction of sp³-hybridized carbons (Fsp3) is 0.286. The molecule has 0 spiro atoms. The summed E-state index contributed by atoms with van der Waals surface area (Å²) in [6, 6.07) is 4.11. The molecule has 1 aromatic carbocycles. The summed E-state index contributed by atoms with van der Waals surface area (Å²) in [6.45, 7) is 0.630. The van der Waals surface area contributed by atoms with Gasteiger partial charge in [0.1, 0.15) is 11.4 Å². The van der Waals surface area contributed by atoms with E-state index < -0.39 is 11.9 Å². The van der Waals surface area contributed by atoms with Crippen molar-refractivity contribution in [2.24, 2.45) is 0 Å². The summed E-state index contributed by atoms with van der Waals surface area (Å²) in [7, 11) is 0. The van der Waals surface area contributed by atoms with Crippen molar-refractivity contribution in [2.45, 2.75) is 12.6 Å². The number of terminal acetylenes is 1. The third kappa shape index (κ3) is 2.89. The van der Waals surface area contributed by atoms with Gasteiger partial charge in [0.05, 0.1) is 6.54 Å². The number of aromatic hydroxyl groups is 1. The summed E-state index contributed by atoms with van der Waals surface area (Å²) in [5.41, 5.74) is -0.296.